The van der Waals surface area contributed by atoms with Crippen LogP contribution in [0.5, 0.6) is 5.75 Å². The molecule has 1 aromatic carbocycles. The summed E-state index contributed by atoms with van der Waals surface area (Å²) in [6.45, 7) is 2.60. The Kier molecular flexibility index (Phi) is 3.67. The van der Waals surface area contributed by atoms with Gasteiger partial charge in [-0.3, -0.25) is 14.6 Å². The number of methoxy groups -OCH3 is 1. The SMILES string of the molecule is CCC1=N[C@H]2C[C@@]3(C(=O)N(OC)c4cc(OC)ccc43)[C@@H]3OC[C@H]2[C@H]1[C@H]3O. The van der Waals surface area contributed by atoms with Crippen molar-refractivity contribution in [3.8, 4) is 5.75 Å². The van der Waals surface area contributed by atoms with E-state index in [1.54, 1.807) is 13.2 Å². The Morgan fingerprint density at radius 3 is 2.93 bits per heavy atom. The Labute approximate surface area is 157 Å². The smallest absolute Gasteiger partial charge is 0.264 e. The summed E-state index contributed by atoms with van der Waals surface area (Å²) in [5.41, 5.74) is 1.54. The lowest BCUT2D eigenvalue weighted by Gasteiger charge is -2.42. The van der Waals surface area contributed by atoms with Crippen molar-refractivity contribution in [1.82, 2.24) is 0 Å². The minimum absolute atomic E-state index is 0.0239. The van der Waals surface area contributed by atoms with E-state index in [1.807, 2.05) is 12.1 Å². The zero-order chi connectivity index (χ0) is 18.9. The summed E-state index contributed by atoms with van der Waals surface area (Å²) in [4.78, 5) is 24.0. The van der Waals surface area contributed by atoms with E-state index in [-0.39, 0.29) is 23.8 Å². The number of aliphatic hydroxyl groups is 1. The van der Waals surface area contributed by atoms with Crippen LogP contribution in [-0.4, -0.2) is 55.8 Å². The molecule has 1 N–H and O–H groups in total. The van der Waals surface area contributed by atoms with Crippen molar-refractivity contribution in [2.24, 2.45) is 16.8 Å². The van der Waals surface area contributed by atoms with Gasteiger partial charge in [0.1, 0.15) is 17.3 Å². The molecule has 1 aromatic rings. The van der Waals surface area contributed by atoms with Crippen LogP contribution in [-0.2, 0) is 19.8 Å². The van der Waals surface area contributed by atoms with Crippen LogP contribution in [0.25, 0.3) is 0 Å². The topological polar surface area (TPSA) is 80.6 Å². The largest absolute Gasteiger partial charge is 0.497 e. The van der Waals surface area contributed by atoms with Gasteiger partial charge in [-0.15, -0.1) is 0 Å². The van der Waals surface area contributed by atoms with Crippen LogP contribution in [0.3, 0.4) is 0 Å². The number of amides is 1. The molecular formula is C20H24N2O5. The number of aliphatic imine (C=N–C) groups is 1. The maximum Gasteiger partial charge on any atom is 0.264 e. The summed E-state index contributed by atoms with van der Waals surface area (Å²) in [6.07, 6.45) is -0.0242. The summed E-state index contributed by atoms with van der Waals surface area (Å²) in [5, 5.41) is 12.6. The van der Waals surface area contributed by atoms with E-state index in [1.165, 1.54) is 12.2 Å². The molecule has 4 bridgehead atoms. The molecule has 1 saturated carbocycles. The number of hydroxylamine groups is 1. The summed E-state index contributed by atoms with van der Waals surface area (Å²) < 4.78 is 11.5. The molecular weight excluding hydrogens is 348 g/mol. The number of benzene rings is 1. The van der Waals surface area contributed by atoms with Gasteiger partial charge in [0.15, 0.2) is 0 Å². The van der Waals surface area contributed by atoms with Crippen molar-refractivity contribution in [3.63, 3.8) is 0 Å². The van der Waals surface area contributed by atoms with E-state index < -0.39 is 17.6 Å². The first-order valence-corrected chi connectivity index (χ1v) is 9.50. The van der Waals surface area contributed by atoms with E-state index >= 15 is 0 Å². The number of ether oxygens (including phenoxy) is 2. The first-order valence-electron chi connectivity index (χ1n) is 9.50. The van der Waals surface area contributed by atoms with Crippen molar-refractivity contribution >= 4 is 17.3 Å². The Bertz CT molecular complexity index is 840. The van der Waals surface area contributed by atoms with Gasteiger partial charge in [-0.25, -0.2) is 0 Å². The molecule has 4 heterocycles. The Morgan fingerprint density at radius 1 is 1.41 bits per heavy atom. The average molecular weight is 372 g/mol. The van der Waals surface area contributed by atoms with Gasteiger partial charge in [0, 0.05) is 23.6 Å². The third-order valence-electron chi connectivity index (χ3n) is 6.85. The van der Waals surface area contributed by atoms with E-state index in [0.717, 1.165) is 17.7 Å². The quantitative estimate of drug-likeness (QED) is 0.869. The molecule has 0 aromatic heterocycles. The van der Waals surface area contributed by atoms with Crippen molar-refractivity contribution in [3.05, 3.63) is 23.8 Å². The Hall–Kier alpha value is -1.96. The highest BCUT2D eigenvalue weighted by atomic mass is 16.7. The fraction of sp³-hybridized carbons (Fsp3) is 0.600. The maximum atomic E-state index is 13.6. The van der Waals surface area contributed by atoms with Crippen molar-refractivity contribution in [1.29, 1.82) is 0 Å². The number of anilines is 1. The highest BCUT2D eigenvalue weighted by Crippen LogP contribution is 2.57. The second-order valence-electron chi connectivity index (χ2n) is 7.82. The van der Waals surface area contributed by atoms with Crippen LogP contribution in [0, 0.1) is 11.8 Å². The number of fused-ring (bicyclic) bond motifs is 2. The van der Waals surface area contributed by atoms with Crippen LogP contribution in [0.4, 0.5) is 5.69 Å². The third kappa shape index (κ3) is 1.97. The van der Waals surface area contributed by atoms with Crippen LogP contribution in [0.15, 0.2) is 23.2 Å². The Morgan fingerprint density at radius 2 is 2.22 bits per heavy atom. The molecule has 2 saturated heterocycles. The zero-order valence-electron chi connectivity index (χ0n) is 15.7. The third-order valence-corrected chi connectivity index (χ3v) is 6.85. The van der Waals surface area contributed by atoms with Crippen molar-refractivity contribution in [2.45, 2.75) is 43.4 Å². The molecule has 7 heteroatoms. The predicted molar refractivity (Wildman–Crippen MR) is 98.0 cm³/mol. The van der Waals surface area contributed by atoms with E-state index in [2.05, 4.69) is 6.92 Å². The van der Waals surface area contributed by atoms with Gasteiger partial charge in [0.2, 0.25) is 0 Å². The lowest BCUT2D eigenvalue weighted by molar-refractivity contribution is -0.152. The van der Waals surface area contributed by atoms with Gasteiger partial charge in [-0.1, -0.05) is 13.0 Å². The first kappa shape index (κ1) is 17.2. The van der Waals surface area contributed by atoms with Crippen LogP contribution in [0.2, 0.25) is 0 Å². The number of carbonyl (C=O) groups is 1. The van der Waals surface area contributed by atoms with Crippen molar-refractivity contribution < 1.29 is 24.2 Å². The average Bonchev–Trinajstić information content (AvgIpc) is 3.05. The predicted octanol–water partition coefficient (Wildman–Crippen LogP) is 1.47. The van der Waals surface area contributed by atoms with Gasteiger partial charge < -0.3 is 14.6 Å². The maximum absolute atomic E-state index is 13.6. The lowest BCUT2D eigenvalue weighted by atomic mass is 9.70. The molecule has 144 valence electrons. The summed E-state index contributed by atoms with van der Waals surface area (Å²) >= 11 is 0. The van der Waals surface area contributed by atoms with Crippen molar-refractivity contribution in [2.75, 3.05) is 25.9 Å². The van der Waals surface area contributed by atoms with Crippen LogP contribution < -0.4 is 9.80 Å². The van der Waals surface area contributed by atoms with Gasteiger partial charge in [0.25, 0.3) is 5.91 Å². The minimum Gasteiger partial charge on any atom is -0.497 e. The number of hydrogen-bond acceptors (Lipinski definition) is 6. The molecule has 1 aliphatic carbocycles. The van der Waals surface area contributed by atoms with E-state index in [0.29, 0.717) is 24.5 Å². The fourth-order valence-electron chi connectivity index (χ4n) is 5.69. The molecule has 5 aliphatic rings. The molecule has 6 atom stereocenters. The molecule has 1 spiro atoms. The molecule has 3 fully saturated rings. The number of nitrogens with zero attached hydrogens (tertiary/aromatic N) is 2. The summed E-state index contributed by atoms with van der Waals surface area (Å²) in [7, 11) is 3.07. The lowest BCUT2D eigenvalue weighted by Crippen LogP contribution is -2.58. The number of hydrogen-bond donors (Lipinski definition) is 1. The highest BCUT2D eigenvalue weighted by molar-refractivity contribution is 6.08. The minimum atomic E-state index is -0.992. The Balaban J connectivity index is 1.71. The van der Waals surface area contributed by atoms with Crippen LogP contribution >= 0.6 is 0 Å². The standard InChI is InChI=1S/C20H24N2O5/c1-4-13-16-11-9-27-18(17(16)23)20(8-14(11)21-13)12-6-5-10(25-2)7-15(12)22(26-3)19(20)24/h5-7,11,14,16-18,23H,4,8-9H2,1-3H3/t11-,14+,16-,17-,18-,20+/m1/s1. The van der Waals surface area contributed by atoms with Gasteiger partial charge >= 0.3 is 0 Å². The first-order chi connectivity index (χ1) is 13.1. The van der Waals surface area contributed by atoms with Gasteiger partial charge in [0.05, 0.1) is 38.7 Å². The number of carbonyl (C=O) groups excluding carboxylic acids is 1. The molecule has 1 amide bonds. The summed E-state index contributed by atoms with van der Waals surface area (Å²) in [6, 6.07) is 5.52. The monoisotopic (exact) mass is 372 g/mol. The highest BCUT2D eigenvalue weighted by Gasteiger charge is 2.67. The van der Waals surface area contributed by atoms with E-state index in [4.69, 9.17) is 19.3 Å². The molecule has 0 radical (unpaired) electrons. The second kappa shape index (κ2) is 5.77. The molecule has 7 nitrogen and oxygen atoms in total. The summed E-state index contributed by atoms with van der Waals surface area (Å²) in [5.74, 6) is 0.562. The molecule has 6 rings (SSSR count). The number of rotatable bonds is 3. The van der Waals surface area contributed by atoms with E-state index in [9.17, 15) is 9.90 Å². The van der Waals surface area contributed by atoms with Crippen LogP contribution in [0.1, 0.15) is 25.3 Å². The van der Waals surface area contributed by atoms with Gasteiger partial charge in [-0.05, 0) is 24.5 Å². The van der Waals surface area contributed by atoms with Gasteiger partial charge in [-0.2, -0.15) is 5.06 Å². The zero-order valence-corrected chi connectivity index (χ0v) is 15.7. The number of aliphatic hydroxyl groups excluding tert-OH is 1. The normalized spacial score (nSPS) is 39.0. The second-order valence-corrected chi connectivity index (χ2v) is 7.82. The molecule has 0 unspecified atom stereocenters. The molecule has 4 aliphatic heterocycles. The molecule has 27 heavy (non-hydrogen) atoms. The fourth-order valence-corrected chi connectivity index (χ4v) is 5.69.